The van der Waals surface area contributed by atoms with Crippen molar-refractivity contribution in [2.45, 2.75) is 15.9 Å². The van der Waals surface area contributed by atoms with Crippen LogP contribution in [0.4, 0.5) is 15.8 Å². The summed E-state index contributed by atoms with van der Waals surface area (Å²) < 4.78 is 16.8. The highest BCUT2D eigenvalue weighted by atomic mass is 32.2. The number of fused-ring (bicyclic) bond motifs is 2. The van der Waals surface area contributed by atoms with E-state index >= 15 is 0 Å². The Morgan fingerprint density at radius 3 is 2.29 bits per heavy atom. The maximum atomic E-state index is 13.1. The van der Waals surface area contributed by atoms with E-state index in [9.17, 15) is 14.0 Å². The number of para-hydroxylation sites is 1. The summed E-state index contributed by atoms with van der Waals surface area (Å²) in [7, 11) is 0. The molecule has 8 nitrogen and oxygen atoms in total. The SMILES string of the molecule is O=C(CSc1nc2ccc(NC(=O)CSc3nnc(Cc4cccc5ccccc45)n3-c3ccccc3)cc2s1)Nc1ccc(F)cc1. The van der Waals surface area contributed by atoms with Crippen LogP contribution in [0.3, 0.4) is 0 Å². The van der Waals surface area contributed by atoms with Crippen LogP contribution in [0, 0.1) is 5.82 Å². The molecule has 0 aliphatic heterocycles. The van der Waals surface area contributed by atoms with E-state index in [-0.39, 0.29) is 29.1 Å². The number of nitrogens with zero attached hydrogens (tertiary/aromatic N) is 4. The third kappa shape index (κ3) is 7.41. The fourth-order valence-corrected chi connectivity index (χ4v) is 7.87. The van der Waals surface area contributed by atoms with Gasteiger partial charge in [0.15, 0.2) is 9.50 Å². The smallest absolute Gasteiger partial charge is 0.234 e. The summed E-state index contributed by atoms with van der Waals surface area (Å²) >= 11 is 4.10. The third-order valence-corrected chi connectivity index (χ3v) is 10.5. The minimum atomic E-state index is -0.360. The van der Waals surface area contributed by atoms with E-state index in [1.807, 2.05) is 65.2 Å². The van der Waals surface area contributed by atoms with Crippen LogP contribution in [0.15, 0.2) is 125 Å². The zero-order valence-electron chi connectivity index (χ0n) is 25.3. The van der Waals surface area contributed by atoms with E-state index < -0.39 is 0 Å². The molecule has 0 radical (unpaired) electrons. The van der Waals surface area contributed by atoms with Gasteiger partial charge in [0.2, 0.25) is 11.8 Å². The highest BCUT2D eigenvalue weighted by Gasteiger charge is 2.18. The summed E-state index contributed by atoms with van der Waals surface area (Å²) in [6.45, 7) is 0. The first kappa shape index (κ1) is 31.6. The van der Waals surface area contributed by atoms with Crippen molar-refractivity contribution < 1.29 is 14.0 Å². The maximum absolute atomic E-state index is 13.1. The molecule has 0 atom stereocenters. The molecule has 2 amide bonds. The Morgan fingerprint density at radius 1 is 0.750 bits per heavy atom. The number of hydrogen-bond acceptors (Lipinski definition) is 8. The second-order valence-electron chi connectivity index (χ2n) is 10.7. The van der Waals surface area contributed by atoms with Crippen molar-refractivity contribution in [2.24, 2.45) is 0 Å². The summed E-state index contributed by atoms with van der Waals surface area (Å²) in [5, 5.41) is 17.8. The molecule has 12 heteroatoms. The number of halogens is 1. The molecular weight excluding hydrogens is 664 g/mol. The second-order valence-corrected chi connectivity index (χ2v) is 13.9. The molecule has 2 N–H and O–H groups in total. The number of amides is 2. The van der Waals surface area contributed by atoms with Crippen LogP contribution in [0.2, 0.25) is 0 Å². The molecule has 2 heterocycles. The molecular formula is C36H27FN6O2S3. The average Bonchev–Trinajstić information content (AvgIpc) is 3.71. The number of rotatable bonds is 11. The minimum absolute atomic E-state index is 0.143. The van der Waals surface area contributed by atoms with Gasteiger partial charge in [-0.1, -0.05) is 84.2 Å². The molecule has 48 heavy (non-hydrogen) atoms. The monoisotopic (exact) mass is 690 g/mol. The number of aromatic nitrogens is 4. The lowest BCUT2D eigenvalue weighted by Gasteiger charge is -2.11. The van der Waals surface area contributed by atoms with Crippen LogP contribution in [-0.4, -0.2) is 43.1 Å². The Hall–Kier alpha value is -5.04. The Balaban J connectivity index is 1.00. The lowest BCUT2D eigenvalue weighted by molar-refractivity contribution is -0.114. The van der Waals surface area contributed by atoms with Crippen LogP contribution >= 0.6 is 34.9 Å². The topological polar surface area (TPSA) is 102 Å². The van der Waals surface area contributed by atoms with E-state index in [1.54, 1.807) is 0 Å². The van der Waals surface area contributed by atoms with Gasteiger partial charge in [0, 0.05) is 23.5 Å². The fraction of sp³-hybridized carbons (Fsp3) is 0.0833. The summed E-state index contributed by atoms with van der Waals surface area (Å²) in [5.41, 5.74) is 4.05. The maximum Gasteiger partial charge on any atom is 0.234 e. The zero-order valence-corrected chi connectivity index (χ0v) is 27.7. The Morgan fingerprint density at radius 2 is 1.46 bits per heavy atom. The normalized spacial score (nSPS) is 11.2. The van der Waals surface area contributed by atoms with E-state index in [1.165, 1.54) is 69.9 Å². The van der Waals surface area contributed by atoms with Crippen LogP contribution < -0.4 is 10.6 Å². The largest absolute Gasteiger partial charge is 0.325 e. The quantitative estimate of drug-likeness (QED) is 0.132. The Bertz CT molecular complexity index is 2230. The van der Waals surface area contributed by atoms with E-state index in [0.717, 1.165) is 31.6 Å². The molecule has 2 aromatic heterocycles. The van der Waals surface area contributed by atoms with Crippen molar-refractivity contribution in [1.82, 2.24) is 19.7 Å². The molecule has 0 aliphatic carbocycles. The van der Waals surface area contributed by atoms with E-state index in [2.05, 4.69) is 56.1 Å². The summed E-state index contributed by atoms with van der Waals surface area (Å²) in [4.78, 5) is 30.0. The average molecular weight is 691 g/mol. The third-order valence-electron chi connectivity index (χ3n) is 7.38. The lowest BCUT2D eigenvalue weighted by Crippen LogP contribution is -2.14. The van der Waals surface area contributed by atoms with Crippen molar-refractivity contribution in [1.29, 1.82) is 0 Å². The number of nitrogens with one attached hydrogen (secondary N) is 2. The van der Waals surface area contributed by atoms with Crippen LogP contribution in [-0.2, 0) is 16.0 Å². The highest BCUT2D eigenvalue weighted by molar-refractivity contribution is 8.01. The van der Waals surface area contributed by atoms with Gasteiger partial charge in [0.1, 0.15) is 11.6 Å². The van der Waals surface area contributed by atoms with Gasteiger partial charge in [-0.15, -0.1) is 21.5 Å². The van der Waals surface area contributed by atoms with Crippen LogP contribution in [0.1, 0.15) is 11.4 Å². The van der Waals surface area contributed by atoms with Gasteiger partial charge in [-0.2, -0.15) is 0 Å². The predicted octanol–water partition coefficient (Wildman–Crippen LogP) is 8.22. The van der Waals surface area contributed by atoms with Crippen molar-refractivity contribution >= 4 is 79.0 Å². The number of carbonyl (C=O) groups is 2. The lowest BCUT2D eigenvalue weighted by atomic mass is 10.0. The first-order valence-electron chi connectivity index (χ1n) is 15.0. The summed E-state index contributed by atoms with van der Waals surface area (Å²) in [5.74, 6) is 0.354. The molecule has 7 aromatic rings. The molecule has 0 aliphatic rings. The van der Waals surface area contributed by atoms with Crippen molar-refractivity contribution in [3.63, 3.8) is 0 Å². The predicted molar refractivity (Wildman–Crippen MR) is 193 cm³/mol. The van der Waals surface area contributed by atoms with Gasteiger partial charge in [-0.05, 0) is 70.9 Å². The first-order chi connectivity index (χ1) is 23.5. The number of thioether (sulfide) groups is 2. The van der Waals surface area contributed by atoms with E-state index in [4.69, 9.17) is 0 Å². The van der Waals surface area contributed by atoms with Crippen molar-refractivity contribution in [3.05, 3.63) is 132 Å². The van der Waals surface area contributed by atoms with Gasteiger partial charge in [0.05, 0.1) is 21.7 Å². The Kier molecular flexibility index (Phi) is 9.46. The Labute approximate surface area is 287 Å². The van der Waals surface area contributed by atoms with Crippen LogP contribution in [0.5, 0.6) is 0 Å². The second kappa shape index (κ2) is 14.4. The summed E-state index contributed by atoms with van der Waals surface area (Å²) in [6, 6.07) is 35.7. The van der Waals surface area contributed by atoms with E-state index in [0.29, 0.717) is 23.0 Å². The molecule has 7 rings (SSSR count). The number of hydrogen-bond donors (Lipinski definition) is 2. The fourth-order valence-electron chi connectivity index (χ4n) is 5.19. The molecule has 0 saturated heterocycles. The molecule has 5 aromatic carbocycles. The van der Waals surface area contributed by atoms with Gasteiger partial charge in [-0.3, -0.25) is 14.2 Å². The minimum Gasteiger partial charge on any atom is -0.325 e. The number of anilines is 2. The number of carbonyl (C=O) groups excluding carboxylic acids is 2. The molecule has 0 bridgehead atoms. The summed E-state index contributed by atoms with van der Waals surface area (Å²) in [6.07, 6.45) is 0.587. The standard InChI is InChI=1S/C36H27FN6O2S3/c37-25-13-15-26(16-14-25)38-34(45)22-47-36-40-30-18-17-27(20-31(30)48-36)39-33(44)21-46-35-42-41-32(43(35)28-10-2-1-3-11-28)19-24-9-6-8-23-7-4-5-12-29(23)24/h1-18,20H,19,21-22H2,(H,38,45)(H,39,44). The van der Waals surface area contributed by atoms with Gasteiger partial charge >= 0.3 is 0 Å². The van der Waals surface area contributed by atoms with Crippen molar-refractivity contribution in [2.75, 3.05) is 22.1 Å². The van der Waals surface area contributed by atoms with Gasteiger partial charge in [-0.25, -0.2) is 9.37 Å². The number of benzene rings is 5. The van der Waals surface area contributed by atoms with Gasteiger partial charge in [0.25, 0.3) is 0 Å². The van der Waals surface area contributed by atoms with Gasteiger partial charge < -0.3 is 10.6 Å². The highest BCUT2D eigenvalue weighted by Crippen LogP contribution is 2.32. The first-order valence-corrected chi connectivity index (χ1v) is 17.7. The molecule has 0 fully saturated rings. The molecule has 0 spiro atoms. The number of thiazole rings is 1. The molecule has 238 valence electrons. The molecule has 0 unspecified atom stereocenters. The zero-order chi connectivity index (χ0) is 32.9. The van der Waals surface area contributed by atoms with Crippen molar-refractivity contribution in [3.8, 4) is 5.69 Å². The van der Waals surface area contributed by atoms with Crippen LogP contribution in [0.25, 0.3) is 26.7 Å². The molecule has 0 saturated carbocycles.